The molecule has 0 saturated heterocycles. The van der Waals surface area contributed by atoms with E-state index in [0.717, 1.165) is 38.5 Å². The molecule has 2 aliphatic carbocycles. The summed E-state index contributed by atoms with van der Waals surface area (Å²) >= 11 is 0. The van der Waals surface area contributed by atoms with Gasteiger partial charge in [-0.25, -0.2) is 0 Å². The van der Waals surface area contributed by atoms with E-state index in [1.54, 1.807) is 0 Å². The van der Waals surface area contributed by atoms with E-state index >= 15 is 0 Å². The van der Waals surface area contributed by atoms with Crippen LogP contribution in [0.5, 0.6) is 0 Å². The maximum atomic E-state index is 12.9. The first-order valence-electron chi connectivity index (χ1n) is 10.2. The highest BCUT2D eigenvalue weighted by Crippen LogP contribution is 2.54. The summed E-state index contributed by atoms with van der Waals surface area (Å²) in [4.78, 5) is 10.6. The van der Waals surface area contributed by atoms with E-state index in [2.05, 4.69) is 0 Å². The lowest BCUT2D eigenvalue weighted by molar-refractivity contribution is -0.218. The highest BCUT2D eigenvalue weighted by molar-refractivity contribution is 7.53. The standard InChI is InChI=1S/C18H35O8P/c19-13-14(20)16(22)18(17(23)15(13)21)26-27(24,25)12-10-8-6-4-2-1-3-5-7-9-11-12/h12-23H,1-11H2,(H,24,25)/t13-,14-,15+,16-,17-,18-/m0/s1. The lowest BCUT2D eigenvalue weighted by Crippen LogP contribution is -2.64. The van der Waals surface area contributed by atoms with Gasteiger partial charge in [0.15, 0.2) is 0 Å². The van der Waals surface area contributed by atoms with Gasteiger partial charge in [0.1, 0.15) is 36.6 Å². The molecule has 2 saturated carbocycles. The predicted octanol–water partition coefficient (Wildman–Crippen LogP) is 1.05. The van der Waals surface area contributed by atoms with Crippen molar-refractivity contribution in [1.29, 1.82) is 0 Å². The van der Waals surface area contributed by atoms with E-state index in [-0.39, 0.29) is 0 Å². The first-order chi connectivity index (χ1) is 12.8. The fraction of sp³-hybridized carbons (Fsp3) is 1.00. The molecule has 0 heterocycles. The molecule has 7 atom stereocenters. The van der Waals surface area contributed by atoms with Crippen LogP contribution in [0.4, 0.5) is 0 Å². The van der Waals surface area contributed by atoms with E-state index in [0.29, 0.717) is 12.8 Å². The lowest BCUT2D eigenvalue weighted by atomic mass is 9.85. The third-order valence-electron chi connectivity index (χ3n) is 5.88. The van der Waals surface area contributed by atoms with Crippen LogP contribution in [-0.4, -0.2) is 72.7 Å². The Kier molecular flexibility index (Phi) is 9.16. The summed E-state index contributed by atoms with van der Waals surface area (Å²) in [7, 11) is -4.21. The molecule has 0 aromatic carbocycles. The monoisotopic (exact) mass is 410 g/mol. The number of hydrogen-bond donors (Lipinski definition) is 6. The average molecular weight is 410 g/mol. The van der Waals surface area contributed by atoms with Gasteiger partial charge in [0.2, 0.25) is 0 Å². The molecule has 0 bridgehead atoms. The minimum absolute atomic E-state index is 0.514. The molecule has 0 amide bonds. The zero-order chi connectivity index (χ0) is 20.0. The second kappa shape index (κ2) is 10.6. The van der Waals surface area contributed by atoms with Gasteiger partial charge in [0, 0.05) is 0 Å². The molecule has 6 N–H and O–H groups in total. The molecule has 2 fully saturated rings. The number of aliphatic hydroxyl groups is 5. The smallest absolute Gasteiger partial charge is 0.331 e. The van der Waals surface area contributed by atoms with Crippen molar-refractivity contribution < 1.29 is 39.5 Å². The zero-order valence-electron chi connectivity index (χ0n) is 15.8. The van der Waals surface area contributed by atoms with Crippen molar-refractivity contribution in [3.63, 3.8) is 0 Å². The molecular weight excluding hydrogens is 375 g/mol. The highest BCUT2D eigenvalue weighted by atomic mass is 31.2. The molecule has 8 nitrogen and oxygen atoms in total. The summed E-state index contributed by atoms with van der Waals surface area (Å²) in [5.41, 5.74) is -0.613. The van der Waals surface area contributed by atoms with Crippen molar-refractivity contribution >= 4 is 7.60 Å². The third kappa shape index (κ3) is 6.21. The molecular formula is C18H35O8P. The second-order valence-corrected chi connectivity index (χ2v) is 10.1. The van der Waals surface area contributed by atoms with Crippen LogP contribution in [0.25, 0.3) is 0 Å². The summed E-state index contributed by atoms with van der Waals surface area (Å²) in [6.07, 6.45) is -0.110. The minimum Gasteiger partial charge on any atom is -0.387 e. The van der Waals surface area contributed by atoms with Crippen molar-refractivity contribution in [3.8, 4) is 0 Å². The van der Waals surface area contributed by atoms with Gasteiger partial charge in [-0.2, -0.15) is 0 Å². The maximum absolute atomic E-state index is 12.9. The molecule has 1 unspecified atom stereocenters. The summed E-state index contributed by atoms with van der Waals surface area (Å²) in [5, 5.41) is 49.4. The van der Waals surface area contributed by atoms with E-state index < -0.39 is 49.9 Å². The van der Waals surface area contributed by atoms with Crippen molar-refractivity contribution in [1.82, 2.24) is 0 Å². The number of rotatable bonds is 3. The fourth-order valence-electron chi connectivity index (χ4n) is 4.05. The van der Waals surface area contributed by atoms with Crippen molar-refractivity contribution in [2.24, 2.45) is 0 Å². The highest BCUT2D eigenvalue weighted by Gasteiger charge is 2.51. The normalized spacial score (nSPS) is 40.5. The summed E-state index contributed by atoms with van der Waals surface area (Å²) in [6.45, 7) is 0. The Morgan fingerprint density at radius 1 is 0.593 bits per heavy atom. The molecule has 0 aliphatic heterocycles. The van der Waals surface area contributed by atoms with Gasteiger partial charge >= 0.3 is 7.60 Å². The van der Waals surface area contributed by atoms with Gasteiger partial charge < -0.3 is 30.4 Å². The van der Waals surface area contributed by atoms with Crippen LogP contribution >= 0.6 is 7.60 Å². The van der Waals surface area contributed by atoms with Gasteiger partial charge in [0.05, 0.1) is 5.66 Å². The predicted molar refractivity (Wildman–Crippen MR) is 99.3 cm³/mol. The average Bonchev–Trinajstić information content (AvgIpc) is 2.62. The van der Waals surface area contributed by atoms with Crippen molar-refractivity contribution in [2.75, 3.05) is 0 Å². The minimum atomic E-state index is -4.21. The summed E-state index contributed by atoms with van der Waals surface area (Å²) in [5.74, 6) is 0. The SMILES string of the molecule is O=P(O)(O[C@@H]1[C@@H](O)[C@H](O)[C@@H](O)[C@H](O)[C@@H]1O)C1CCCCCCCCCCC1. The largest absolute Gasteiger partial charge is 0.387 e. The van der Waals surface area contributed by atoms with E-state index in [1.165, 1.54) is 19.3 Å². The van der Waals surface area contributed by atoms with Crippen LogP contribution in [0.3, 0.4) is 0 Å². The van der Waals surface area contributed by atoms with Gasteiger partial charge in [-0.15, -0.1) is 0 Å². The molecule has 27 heavy (non-hydrogen) atoms. The molecule has 0 radical (unpaired) electrons. The van der Waals surface area contributed by atoms with Crippen LogP contribution in [-0.2, 0) is 9.09 Å². The van der Waals surface area contributed by atoms with Crippen LogP contribution in [0, 0.1) is 0 Å². The van der Waals surface area contributed by atoms with Crippen LogP contribution in [0.1, 0.15) is 70.6 Å². The maximum Gasteiger partial charge on any atom is 0.331 e. The van der Waals surface area contributed by atoms with Gasteiger partial charge in [-0.05, 0) is 12.8 Å². The number of aliphatic hydroxyl groups excluding tert-OH is 5. The fourth-order valence-corrected chi connectivity index (χ4v) is 5.84. The molecule has 0 spiro atoms. The van der Waals surface area contributed by atoms with Crippen LogP contribution in [0.15, 0.2) is 0 Å². The number of hydrogen-bond acceptors (Lipinski definition) is 7. The Bertz CT molecular complexity index is 462. The van der Waals surface area contributed by atoms with E-state index in [1.807, 2.05) is 0 Å². The van der Waals surface area contributed by atoms with E-state index in [4.69, 9.17) is 4.52 Å². The first-order valence-corrected chi connectivity index (χ1v) is 11.8. The molecule has 0 aromatic heterocycles. The Balaban J connectivity index is 2.05. The van der Waals surface area contributed by atoms with Gasteiger partial charge in [0.25, 0.3) is 0 Å². The third-order valence-corrected chi connectivity index (χ3v) is 7.87. The topological polar surface area (TPSA) is 148 Å². The zero-order valence-corrected chi connectivity index (χ0v) is 16.7. The van der Waals surface area contributed by atoms with Gasteiger partial charge in [-0.1, -0.05) is 57.8 Å². The quantitative estimate of drug-likeness (QED) is 0.378. The van der Waals surface area contributed by atoms with Crippen molar-refractivity contribution in [2.45, 2.75) is 113 Å². The Hall–Kier alpha value is -0.0500. The van der Waals surface area contributed by atoms with Gasteiger partial charge in [-0.3, -0.25) is 9.09 Å². The lowest BCUT2D eigenvalue weighted by Gasteiger charge is -2.42. The van der Waals surface area contributed by atoms with E-state index in [9.17, 15) is 35.0 Å². The molecule has 0 aromatic rings. The summed E-state index contributed by atoms with van der Waals surface area (Å²) in [6, 6.07) is 0. The Morgan fingerprint density at radius 3 is 1.33 bits per heavy atom. The summed E-state index contributed by atoms with van der Waals surface area (Å²) < 4.78 is 18.2. The van der Waals surface area contributed by atoms with Crippen LogP contribution in [0.2, 0.25) is 0 Å². The molecule has 2 aliphatic rings. The van der Waals surface area contributed by atoms with Crippen LogP contribution < -0.4 is 0 Å². The van der Waals surface area contributed by atoms with Crippen molar-refractivity contribution in [3.05, 3.63) is 0 Å². The molecule has 9 heteroatoms. The Morgan fingerprint density at radius 2 is 0.926 bits per heavy atom. The Labute approximate surface area is 160 Å². The molecule has 160 valence electrons. The molecule has 2 rings (SSSR count). The first kappa shape index (κ1) is 23.2. The second-order valence-electron chi connectivity index (χ2n) is 8.00.